The highest BCUT2D eigenvalue weighted by atomic mass is 35.5. The summed E-state index contributed by atoms with van der Waals surface area (Å²) >= 11 is 12.6. The number of hydrogen-bond acceptors (Lipinski definition) is 5. The molecule has 0 radical (unpaired) electrons. The van der Waals surface area contributed by atoms with Crippen LogP contribution in [0.4, 0.5) is 10.1 Å². The fraction of sp³-hybridized carbons (Fsp3) is 0.154. The Labute approximate surface area is 211 Å². The minimum absolute atomic E-state index is 0.0114. The van der Waals surface area contributed by atoms with E-state index in [1.54, 1.807) is 19.1 Å². The number of aliphatic hydroxyl groups excluding tert-OH is 1. The Balaban J connectivity index is 1.97. The Morgan fingerprint density at radius 2 is 1.80 bits per heavy atom. The summed E-state index contributed by atoms with van der Waals surface area (Å²) in [5.74, 6) is -2.42. The highest BCUT2D eigenvalue weighted by Gasteiger charge is 2.48. The number of methoxy groups -OCH3 is 1. The Morgan fingerprint density at radius 3 is 2.46 bits per heavy atom. The summed E-state index contributed by atoms with van der Waals surface area (Å²) in [6.07, 6.45) is 0. The van der Waals surface area contributed by atoms with Crippen LogP contribution in [0.15, 0.2) is 66.2 Å². The number of ketones is 1. The quantitative estimate of drug-likeness (QED) is 0.241. The highest BCUT2D eigenvalue weighted by molar-refractivity contribution is 6.52. The number of ether oxygens (including phenoxy) is 2. The number of carbonyl (C=O) groups is 2. The molecule has 1 amide bonds. The average Bonchev–Trinajstić information content (AvgIpc) is 3.10. The third kappa shape index (κ3) is 4.45. The molecule has 1 aliphatic rings. The zero-order valence-electron chi connectivity index (χ0n) is 18.7. The number of hydrogen-bond donors (Lipinski definition) is 1. The van der Waals surface area contributed by atoms with Gasteiger partial charge in [-0.05, 0) is 49.4 Å². The number of halogens is 3. The number of carbonyl (C=O) groups excluding carboxylic acids is 2. The van der Waals surface area contributed by atoms with Gasteiger partial charge in [0.1, 0.15) is 23.1 Å². The summed E-state index contributed by atoms with van der Waals surface area (Å²) in [6, 6.07) is 13.5. The maximum absolute atomic E-state index is 15.0. The van der Waals surface area contributed by atoms with Crippen LogP contribution in [-0.4, -0.2) is 30.5 Å². The van der Waals surface area contributed by atoms with Crippen LogP contribution < -0.4 is 14.4 Å². The molecule has 4 rings (SSSR count). The number of nitrogens with zero attached hydrogens (tertiary/aromatic N) is 1. The standard InChI is InChI=1S/C26H20Cl2FNO5/c1-3-35-15-9-10-18(27)17(13-15)24(31)22-23(16-6-4-5-7-20(16)29)30(26(33)25(22)32)14-8-11-21(34-2)19(28)12-14/h4-13,23,31H,3H2,1-2H3/b24-22+. The van der Waals surface area contributed by atoms with Gasteiger partial charge in [-0.15, -0.1) is 0 Å². The van der Waals surface area contributed by atoms with E-state index < -0.39 is 29.3 Å². The van der Waals surface area contributed by atoms with Crippen LogP contribution in [0.25, 0.3) is 5.76 Å². The topological polar surface area (TPSA) is 76.1 Å². The van der Waals surface area contributed by atoms with Crippen molar-refractivity contribution in [3.63, 3.8) is 0 Å². The number of amides is 1. The monoisotopic (exact) mass is 515 g/mol. The molecule has 180 valence electrons. The second-order valence-corrected chi connectivity index (χ2v) is 8.40. The van der Waals surface area contributed by atoms with E-state index in [2.05, 4.69) is 0 Å². The van der Waals surface area contributed by atoms with Gasteiger partial charge in [-0.2, -0.15) is 0 Å². The molecule has 1 atom stereocenters. The summed E-state index contributed by atoms with van der Waals surface area (Å²) in [7, 11) is 1.44. The molecular formula is C26H20Cl2FNO5. The minimum atomic E-state index is -1.28. The molecule has 3 aromatic carbocycles. The molecule has 0 aromatic heterocycles. The highest BCUT2D eigenvalue weighted by Crippen LogP contribution is 2.45. The SMILES string of the molecule is CCOc1ccc(Cl)c(/C(O)=C2\C(=O)C(=O)N(c3ccc(OC)c(Cl)c3)C2c2ccccc2F)c1. The molecule has 1 fully saturated rings. The largest absolute Gasteiger partial charge is 0.507 e. The van der Waals surface area contributed by atoms with E-state index in [9.17, 15) is 14.7 Å². The lowest BCUT2D eigenvalue weighted by Gasteiger charge is -2.26. The lowest BCUT2D eigenvalue weighted by molar-refractivity contribution is -0.132. The van der Waals surface area contributed by atoms with E-state index in [1.807, 2.05) is 0 Å². The summed E-state index contributed by atoms with van der Waals surface area (Å²) in [4.78, 5) is 27.6. The van der Waals surface area contributed by atoms with Gasteiger partial charge in [-0.3, -0.25) is 14.5 Å². The van der Waals surface area contributed by atoms with Crippen LogP contribution in [-0.2, 0) is 9.59 Å². The van der Waals surface area contributed by atoms with E-state index in [0.29, 0.717) is 18.1 Å². The number of benzene rings is 3. The molecule has 35 heavy (non-hydrogen) atoms. The van der Waals surface area contributed by atoms with E-state index >= 15 is 4.39 Å². The van der Waals surface area contributed by atoms with Crippen molar-refractivity contribution in [1.82, 2.24) is 0 Å². The van der Waals surface area contributed by atoms with Crippen LogP contribution >= 0.6 is 23.2 Å². The fourth-order valence-corrected chi connectivity index (χ4v) is 4.44. The third-order valence-corrected chi connectivity index (χ3v) is 6.19. The van der Waals surface area contributed by atoms with Gasteiger partial charge in [0, 0.05) is 16.8 Å². The first-order valence-electron chi connectivity index (χ1n) is 10.6. The first-order valence-corrected chi connectivity index (χ1v) is 11.4. The third-order valence-electron chi connectivity index (χ3n) is 5.56. The summed E-state index contributed by atoms with van der Waals surface area (Å²) in [5.41, 5.74) is -0.0102. The van der Waals surface area contributed by atoms with Crippen LogP contribution in [0.5, 0.6) is 11.5 Å². The number of Topliss-reactive ketones (excluding diaryl/α,β-unsaturated/α-hetero) is 1. The molecule has 3 aromatic rings. The zero-order valence-corrected chi connectivity index (χ0v) is 20.2. The number of rotatable bonds is 6. The van der Waals surface area contributed by atoms with Crippen molar-refractivity contribution in [3.05, 3.63) is 93.2 Å². The van der Waals surface area contributed by atoms with Crippen molar-refractivity contribution in [1.29, 1.82) is 0 Å². The van der Waals surface area contributed by atoms with Gasteiger partial charge in [0.25, 0.3) is 11.7 Å². The molecule has 1 heterocycles. The van der Waals surface area contributed by atoms with Gasteiger partial charge in [0.15, 0.2) is 0 Å². The number of aliphatic hydroxyl groups is 1. The van der Waals surface area contributed by atoms with Crippen molar-refractivity contribution >= 4 is 46.3 Å². The lowest BCUT2D eigenvalue weighted by atomic mass is 9.94. The molecule has 1 N–H and O–H groups in total. The van der Waals surface area contributed by atoms with Crippen LogP contribution in [0.3, 0.4) is 0 Å². The number of anilines is 1. The van der Waals surface area contributed by atoms with Crippen molar-refractivity contribution in [2.75, 3.05) is 18.6 Å². The average molecular weight is 516 g/mol. The molecule has 6 nitrogen and oxygen atoms in total. The van der Waals surface area contributed by atoms with Gasteiger partial charge in [0.05, 0.1) is 35.4 Å². The normalized spacial score (nSPS) is 17.1. The van der Waals surface area contributed by atoms with Crippen molar-refractivity contribution < 1.29 is 28.6 Å². The van der Waals surface area contributed by atoms with E-state index in [1.165, 1.54) is 55.6 Å². The Bertz CT molecular complexity index is 1360. The molecule has 1 aliphatic heterocycles. The van der Waals surface area contributed by atoms with Gasteiger partial charge < -0.3 is 14.6 Å². The molecule has 0 spiro atoms. The van der Waals surface area contributed by atoms with E-state index in [4.69, 9.17) is 32.7 Å². The second-order valence-electron chi connectivity index (χ2n) is 7.58. The van der Waals surface area contributed by atoms with Gasteiger partial charge in [0.2, 0.25) is 0 Å². The fourth-order valence-electron chi connectivity index (χ4n) is 3.98. The van der Waals surface area contributed by atoms with Crippen LogP contribution in [0.2, 0.25) is 10.0 Å². The summed E-state index contributed by atoms with van der Waals surface area (Å²) in [5, 5.41) is 11.6. The van der Waals surface area contributed by atoms with Gasteiger partial charge >= 0.3 is 0 Å². The first-order chi connectivity index (χ1) is 16.8. The predicted octanol–water partition coefficient (Wildman–Crippen LogP) is 6.17. The van der Waals surface area contributed by atoms with Crippen LogP contribution in [0.1, 0.15) is 24.1 Å². The minimum Gasteiger partial charge on any atom is -0.507 e. The summed E-state index contributed by atoms with van der Waals surface area (Å²) in [6.45, 7) is 2.15. The first kappa shape index (κ1) is 24.6. The molecule has 9 heteroatoms. The molecular weight excluding hydrogens is 496 g/mol. The van der Waals surface area contributed by atoms with Crippen LogP contribution in [0, 0.1) is 5.82 Å². The Kier molecular flexibility index (Phi) is 7.00. The van der Waals surface area contributed by atoms with E-state index in [0.717, 1.165) is 4.90 Å². The van der Waals surface area contributed by atoms with Crippen molar-refractivity contribution in [2.24, 2.45) is 0 Å². The molecule has 0 aliphatic carbocycles. The molecule has 1 saturated heterocycles. The maximum atomic E-state index is 15.0. The molecule has 0 saturated carbocycles. The lowest BCUT2D eigenvalue weighted by Crippen LogP contribution is -2.29. The maximum Gasteiger partial charge on any atom is 0.300 e. The molecule has 0 bridgehead atoms. The van der Waals surface area contributed by atoms with E-state index in [-0.39, 0.29) is 32.4 Å². The van der Waals surface area contributed by atoms with Crippen molar-refractivity contribution in [3.8, 4) is 11.5 Å². The molecule has 1 unspecified atom stereocenters. The summed E-state index contributed by atoms with van der Waals surface area (Å²) < 4.78 is 25.7. The predicted molar refractivity (Wildman–Crippen MR) is 132 cm³/mol. The van der Waals surface area contributed by atoms with Gasteiger partial charge in [-0.25, -0.2) is 4.39 Å². The zero-order chi connectivity index (χ0) is 25.3. The Morgan fingerprint density at radius 1 is 1.06 bits per heavy atom. The second kappa shape index (κ2) is 9.98. The Hall–Kier alpha value is -3.55. The van der Waals surface area contributed by atoms with Gasteiger partial charge in [-0.1, -0.05) is 41.4 Å². The smallest absolute Gasteiger partial charge is 0.300 e. The van der Waals surface area contributed by atoms with Crippen molar-refractivity contribution in [2.45, 2.75) is 13.0 Å².